The highest BCUT2D eigenvalue weighted by molar-refractivity contribution is 8.14. The highest BCUT2D eigenvalue weighted by atomic mass is 32.2. The van der Waals surface area contributed by atoms with Crippen molar-refractivity contribution in [1.29, 1.82) is 0 Å². The first-order chi connectivity index (χ1) is 11.7. The number of amidine groups is 1. The summed E-state index contributed by atoms with van der Waals surface area (Å²) in [4.78, 5) is 7.24. The van der Waals surface area contributed by atoms with Gasteiger partial charge >= 0.3 is 0 Å². The number of thioether (sulfide) groups is 1. The van der Waals surface area contributed by atoms with E-state index in [0.29, 0.717) is 0 Å². The molecule has 4 heteroatoms. The zero-order valence-corrected chi connectivity index (χ0v) is 14.4. The molecule has 122 valence electrons. The standard InChI is InChI=1S/C20H20N2OS/c1-13-20(23,15-8-3-2-4-9-15)22-17-12-11-14-7-5-6-10-16(14)18(17)21-19(22)24-13/h2-10,13,17-18,23H,11-12H2,1H3/t13-,17?,18?,20-/m1/s1. The molecule has 2 aliphatic heterocycles. The van der Waals surface area contributed by atoms with E-state index in [1.807, 2.05) is 30.3 Å². The van der Waals surface area contributed by atoms with Crippen LogP contribution < -0.4 is 0 Å². The Kier molecular flexibility index (Phi) is 3.10. The molecule has 0 saturated carbocycles. The van der Waals surface area contributed by atoms with Crippen LogP contribution in [0.1, 0.15) is 36.1 Å². The number of benzene rings is 2. The van der Waals surface area contributed by atoms with Gasteiger partial charge in [0.25, 0.3) is 0 Å². The lowest BCUT2D eigenvalue weighted by Gasteiger charge is -2.42. The van der Waals surface area contributed by atoms with E-state index >= 15 is 0 Å². The van der Waals surface area contributed by atoms with Gasteiger partial charge in [0.05, 0.1) is 17.3 Å². The Labute approximate surface area is 146 Å². The van der Waals surface area contributed by atoms with Gasteiger partial charge in [-0.25, -0.2) is 0 Å². The van der Waals surface area contributed by atoms with Gasteiger partial charge in [-0.3, -0.25) is 4.99 Å². The minimum absolute atomic E-state index is 0.0665. The Morgan fingerprint density at radius 3 is 2.71 bits per heavy atom. The Hall–Kier alpha value is -1.78. The van der Waals surface area contributed by atoms with Crippen LogP contribution in [-0.2, 0) is 12.1 Å². The minimum atomic E-state index is -0.976. The lowest BCUT2D eigenvalue weighted by atomic mass is 9.83. The van der Waals surface area contributed by atoms with Gasteiger partial charge in [0.1, 0.15) is 0 Å². The molecule has 2 aromatic carbocycles. The molecule has 2 unspecified atom stereocenters. The molecular formula is C20H20N2OS. The summed E-state index contributed by atoms with van der Waals surface area (Å²) in [7, 11) is 0. The quantitative estimate of drug-likeness (QED) is 0.863. The minimum Gasteiger partial charge on any atom is -0.366 e. The molecule has 0 aromatic heterocycles. The number of nitrogens with zero attached hydrogens (tertiary/aromatic N) is 2. The van der Waals surface area contributed by atoms with E-state index in [4.69, 9.17) is 4.99 Å². The summed E-state index contributed by atoms with van der Waals surface area (Å²) in [5.41, 5.74) is 2.73. The third kappa shape index (κ3) is 1.81. The number of hydrogen-bond acceptors (Lipinski definition) is 4. The summed E-state index contributed by atoms with van der Waals surface area (Å²) in [6, 6.07) is 19.1. The number of fused-ring (bicyclic) bond motifs is 5. The smallest absolute Gasteiger partial charge is 0.178 e. The SMILES string of the molecule is C[C@H]1SC2=NC3c4ccccc4CCC3N2[C@]1(O)c1ccccc1. The first-order valence-electron chi connectivity index (χ1n) is 8.59. The van der Waals surface area contributed by atoms with E-state index in [1.165, 1.54) is 11.1 Å². The Bertz CT molecular complexity index is 821. The van der Waals surface area contributed by atoms with Crippen molar-refractivity contribution in [3.63, 3.8) is 0 Å². The lowest BCUT2D eigenvalue weighted by molar-refractivity contribution is -0.0859. The van der Waals surface area contributed by atoms with Crippen molar-refractivity contribution in [2.24, 2.45) is 4.99 Å². The average molecular weight is 336 g/mol. The van der Waals surface area contributed by atoms with Gasteiger partial charge in [0, 0.05) is 5.56 Å². The van der Waals surface area contributed by atoms with Crippen molar-refractivity contribution in [3.8, 4) is 0 Å². The van der Waals surface area contributed by atoms with Crippen molar-refractivity contribution in [2.45, 2.75) is 42.8 Å². The maximum Gasteiger partial charge on any atom is 0.178 e. The van der Waals surface area contributed by atoms with Crippen LogP contribution in [0.3, 0.4) is 0 Å². The van der Waals surface area contributed by atoms with Crippen molar-refractivity contribution < 1.29 is 5.11 Å². The Morgan fingerprint density at radius 2 is 1.88 bits per heavy atom. The second-order valence-corrected chi connectivity index (χ2v) is 8.19. The van der Waals surface area contributed by atoms with Gasteiger partial charge in [-0.2, -0.15) is 0 Å². The van der Waals surface area contributed by atoms with Crippen molar-refractivity contribution in [3.05, 3.63) is 71.3 Å². The fraction of sp³-hybridized carbons (Fsp3) is 0.350. The predicted molar refractivity (Wildman–Crippen MR) is 98.0 cm³/mol. The van der Waals surface area contributed by atoms with Gasteiger partial charge < -0.3 is 10.0 Å². The molecule has 3 aliphatic rings. The molecule has 0 spiro atoms. The molecule has 1 saturated heterocycles. The van der Waals surface area contributed by atoms with Crippen LogP contribution in [0.5, 0.6) is 0 Å². The van der Waals surface area contributed by atoms with E-state index in [0.717, 1.165) is 23.6 Å². The van der Waals surface area contributed by atoms with Crippen LogP contribution >= 0.6 is 11.8 Å². The summed E-state index contributed by atoms with van der Waals surface area (Å²) in [5.74, 6) is 0. The normalized spacial score (nSPS) is 33.7. The van der Waals surface area contributed by atoms with E-state index < -0.39 is 5.72 Å². The largest absolute Gasteiger partial charge is 0.366 e. The number of aliphatic hydroxyl groups is 1. The monoisotopic (exact) mass is 336 g/mol. The van der Waals surface area contributed by atoms with Crippen molar-refractivity contribution in [1.82, 2.24) is 4.90 Å². The molecule has 3 nitrogen and oxygen atoms in total. The van der Waals surface area contributed by atoms with Gasteiger partial charge in [-0.1, -0.05) is 66.4 Å². The van der Waals surface area contributed by atoms with Crippen molar-refractivity contribution >= 4 is 16.9 Å². The molecule has 2 aromatic rings. The molecule has 0 amide bonds. The highest BCUT2D eigenvalue weighted by Crippen LogP contribution is 2.54. The highest BCUT2D eigenvalue weighted by Gasteiger charge is 2.57. The summed E-state index contributed by atoms with van der Waals surface area (Å²) in [5, 5.41) is 12.8. The molecule has 0 radical (unpaired) electrons. The van der Waals surface area contributed by atoms with E-state index in [2.05, 4.69) is 36.1 Å². The second-order valence-electron chi connectivity index (χ2n) is 6.88. The predicted octanol–water partition coefficient (Wildman–Crippen LogP) is 3.69. The summed E-state index contributed by atoms with van der Waals surface area (Å²) in [6.07, 6.45) is 2.09. The van der Waals surface area contributed by atoms with Crippen LogP contribution in [0, 0.1) is 0 Å². The molecule has 0 bridgehead atoms. The first kappa shape index (κ1) is 14.6. The van der Waals surface area contributed by atoms with Crippen LogP contribution in [0.15, 0.2) is 59.6 Å². The zero-order chi connectivity index (χ0) is 16.3. The number of aliphatic imine (C=N–C) groups is 1. The molecule has 4 atom stereocenters. The summed E-state index contributed by atoms with van der Waals surface area (Å²) < 4.78 is 0. The van der Waals surface area contributed by atoms with E-state index in [1.54, 1.807) is 11.8 Å². The lowest BCUT2D eigenvalue weighted by Crippen LogP contribution is -2.52. The third-order valence-electron chi connectivity index (χ3n) is 5.65. The van der Waals surface area contributed by atoms with Gasteiger partial charge in [-0.05, 0) is 30.9 Å². The summed E-state index contributed by atoms with van der Waals surface area (Å²) in [6.45, 7) is 2.10. The topological polar surface area (TPSA) is 35.8 Å². The summed E-state index contributed by atoms with van der Waals surface area (Å²) >= 11 is 1.70. The molecule has 5 rings (SSSR count). The zero-order valence-electron chi connectivity index (χ0n) is 13.6. The Morgan fingerprint density at radius 1 is 1.12 bits per heavy atom. The number of hydrogen-bond donors (Lipinski definition) is 1. The van der Waals surface area contributed by atoms with Crippen LogP contribution in [-0.4, -0.2) is 26.5 Å². The Balaban J connectivity index is 1.62. The van der Waals surface area contributed by atoms with E-state index in [-0.39, 0.29) is 17.3 Å². The van der Waals surface area contributed by atoms with Crippen LogP contribution in [0.4, 0.5) is 0 Å². The molecule has 1 fully saturated rings. The fourth-order valence-electron chi connectivity index (χ4n) is 4.45. The molecule has 1 N–H and O–H groups in total. The maximum absolute atomic E-state index is 11.7. The first-order valence-corrected chi connectivity index (χ1v) is 9.47. The average Bonchev–Trinajstić information content (AvgIpc) is 3.11. The molecular weight excluding hydrogens is 316 g/mol. The number of aryl methyl sites for hydroxylation is 1. The van der Waals surface area contributed by atoms with Gasteiger partial charge in [-0.15, -0.1) is 0 Å². The third-order valence-corrected chi connectivity index (χ3v) is 6.85. The number of rotatable bonds is 1. The molecule has 2 heterocycles. The molecule has 24 heavy (non-hydrogen) atoms. The maximum atomic E-state index is 11.7. The molecule has 1 aliphatic carbocycles. The fourth-order valence-corrected chi connectivity index (χ4v) is 5.74. The van der Waals surface area contributed by atoms with Gasteiger partial charge in [0.2, 0.25) is 0 Å². The van der Waals surface area contributed by atoms with Crippen molar-refractivity contribution in [2.75, 3.05) is 0 Å². The van der Waals surface area contributed by atoms with Crippen LogP contribution in [0.2, 0.25) is 0 Å². The van der Waals surface area contributed by atoms with Crippen LogP contribution in [0.25, 0.3) is 0 Å². The second kappa shape index (κ2) is 5.11. The van der Waals surface area contributed by atoms with E-state index in [9.17, 15) is 5.11 Å². The van der Waals surface area contributed by atoms with Gasteiger partial charge in [0.15, 0.2) is 10.9 Å².